The van der Waals surface area contributed by atoms with Gasteiger partial charge in [0, 0.05) is 6.61 Å². The minimum atomic E-state index is -0.744. The summed E-state index contributed by atoms with van der Waals surface area (Å²) >= 11 is 0. The highest BCUT2D eigenvalue weighted by molar-refractivity contribution is 5.73. The van der Waals surface area contributed by atoms with Crippen molar-refractivity contribution in [3.63, 3.8) is 0 Å². The van der Waals surface area contributed by atoms with Crippen LogP contribution in [0.1, 0.15) is 39.5 Å². The van der Waals surface area contributed by atoms with Gasteiger partial charge in [-0.2, -0.15) is 0 Å². The highest BCUT2D eigenvalue weighted by atomic mass is 16.4. The molecule has 0 radical (unpaired) electrons. The van der Waals surface area contributed by atoms with Crippen molar-refractivity contribution in [3.8, 4) is 0 Å². The largest absolute Gasteiger partial charge is 0.481 e. The van der Waals surface area contributed by atoms with Crippen LogP contribution in [0.3, 0.4) is 0 Å². The van der Waals surface area contributed by atoms with Crippen LogP contribution in [0.4, 0.5) is 0 Å². The van der Waals surface area contributed by atoms with Crippen LogP contribution in [-0.2, 0) is 4.79 Å². The molecular formula is C9H18O3. The summed E-state index contributed by atoms with van der Waals surface area (Å²) in [5.41, 5.74) is -0.616. The number of unbranched alkanes of at least 4 members (excludes halogenated alkanes) is 2. The van der Waals surface area contributed by atoms with Gasteiger partial charge in [-0.1, -0.05) is 12.8 Å². The van der Waals surface area contributed by atoms with Gasteiger partial charge in [0.2, 0.25) is 0 Å². The number of hydrogen-bond acceptors (Lipinski definition) is 2. The Balaban J connectivity index is 3.54. The molecule has 72 valence electrons. The van der Waals surface area contributed by atoms with Crippen LogP contribution in [0.15, 0.2) is 0 Å². The lowest BCUT2D eigenvalue weighted by Crippen LogP contribution is -2.23. The van der Waals surface area contributed by atoms with E-state index in [1.165, 1.54) is 0 Å². The third-order valence-electron chi connectivity index (χ3n) is 2.04. The smallest absolute Gasteiger partial charge is 0.309 e. The van der Waals surface area contributed by atoms with Crippen molar-refractivity contribution < 1.29 is 15.0 Å². The van der Waals surface area contributed by atoms with E-state index in [2.05, 4.69) is 0 Å². The molecule has 0 saturated heterocycles. The lowest BCUT2D eigenvalue weighted by atomic mass is 9.87. The van der Waals surface area contributed by atoms with Gasteiger partial charge in [-0.25, -0.2) is 0 Å². The van der Waals surface area contributed by atoms with E-state index in [9.17, 15) is 4.79 Å². The zero-order valence-electron chi connectivity index (χ0n) is 7.84. The zero-order chi connectivity index (χ0) is 9.61. The van der Waals surface area contributed by atoms with Crippen LogP contribution >= 0.6 is 0 Å². The van der Waals surface area contributed by atoms with Crippen LogP contribution in [0.5, 0.6) is 0 Å². The maximum atomic E-state index is 10.6. The van der Waals surface area contributed by atoms with Crippen molar-refractivity contribution >= 4 is 5.97 Å². The number of rotatable bonds is 6. The molecule has 0 atom stereocenters. The van der Waals surface area contributed by atoms with Gasteiger partial charge in [0.25, 0.3) is 0 Å². The third kappa shape index (κ3) is 4.34. The maximum absolute atomic E-state index is 10.6. The van der Waals surface area contributed by atoms with E-state index < -0.39 is 11.4 Å². The molecule has 0 heterocycles. The molecule has 0 spiro atoms. The van der Waals surface area contributed by atoms with Gasteiger partial charge in [0.15, 0.2) is 0 Å². The molecule has 0 aromatic rings. The van der Waals surface area contributed by atoms with E-state index in [0.717, 1.165) is 19.3 Å². The first-order valence-corrected chi connectivity index (χ1v) is 4.35. The number of hydrogen-bond donors (Lipinski definition) is 2. The lowest BCUT2D eigenvalue weighted by molar-refractivity contribution is -0.147. The molecule has 0 rings (SSSR count). The third-order valence-corrected chi connectivity index (χ3v) is 2.04. The summed E-state index contributed by atoms with van der Waals surface area (Å²) in [6.45, 7) is 3.66. The topological polar surface area (TPSA) is 57.5 Å². The van der Waals surface area contributed by atoms with Gasteiger partial charge in [-0.3, -0.25) is 4.79 Å². The predicted molar refractivity (Wildman–Crippen MR) is 47.0 cm³/mol. The number of aliphatic hydroxyl groups excluding tert-OH is 1. The molecule has 0 saturated carbocycles. The van der Waals surface area contributed by atoms with Gasteiger partial charge in [0.1, 0.15) is 0 Å². The summed E-state index contributed by atoms with van der Waals surface area (Å²) in [6, 6.07) is 0. The molecule has 0 fully saturated rings. The van der Waals surface area contributed by atoms with Crippen LogP contribution in [0.2, 0.25) is 0 Å². The molecule has 0 aliphatic heterocycles. The van der Waals surface area contributed by atoms with Gasteiger partial charge >= 0.3 is 5.97 Å². The standard InChI is InChI=1S/C9H18O3/c1-9(2,8(11)12)6-4-3-5-7-10/h10H,3-7H2,1-2H3,(H,11,12). The van der Waals surface area contributed by atoms with E-state index >= 15 is 0 Å². The molecule has 3 nitrogen and oxygen atoms in total. The fraction of sp³-hybridized carbons (Fsp3) is 0.889. The lowest BCUT2D eigenvalue weighted by Gasteiger charge is -2.18. The Hall–Kier alpha value is -0.570. The van der Waals surface area contributed by atoms with Crippen molar-refractivity contribution in [2.24, 2.45) is 5.41 Å². The molecule has 12 heavy (non-hydrogen) atoms. The second-order valence-corrected chi connectivity index (χ2v) is 3.72. The average Bonchev–Trinajstić information content (AvgIpc) is 1.98. The Morgan fingerprint density at radius 3 is 2.25 bits per heavy atom. The first-order chi connectivity index (χ1) is 5.50. The number of aliphatic hydroxyl groups is 1. The van der Waals surface area contributed by atoms with E-state index in [-0.39, 0.29) is 6.61 Å². The van der Waals surface area contributed by atoms with Crippen LogP contribution in [0, 0.1) is 5.41 Å². The summed E-state index contributed by atoms with van der Waals surface area (Å²) in [5, 5.41) is 17.2. The Labute approximate surface area is 73.4 Å². The second-order valence-electron chi connectivity index (χ2n) is 3.72. The van der Waals surface area contributed by atoms with Crippen LogP contribution in [0.25, 0.3) is 0 Å². The van der Waals surface area contributed by atoms with Gasteiger partial charge < -0.3 is 10.2 Å². The highest BCUT2D eigenvalue weighted by Crippen LogP contribution is 2.23. The van der Waals surface area contributed by atoms with E-state index in [1.807, 2.05) is 0 Å². The van der Waals surface area contributed by atoms with Crippen molar-refractivity contribution in [1.29, 1.82) is 0 Å². The summed E-state index contributed by atoms with van der Waals surface area (Å²) < 4.78 is 0. The van der Waals surface area contributed by atoms with Crippen molar-refractivity contribution in [3.05, 3.63) is 0 Å². The predicted octanol–water partition coefficient (Wildman–Crippen LogP) is 1.65. The highest BCUT2D eigenvalue weighted by Gasteiger charge is 2.25. The fourth-order valence-corrected chi connectivity index (χ4v) is 0.962. The van der Waals surface area contributed by atoms with Crippen LogP contribution < -0.4 is 0 Å². The second kappa shape index (κ2) is 5.14. The SMILES string of the molecule is CC(C)(CCCCCO)C(=O)O. The number of carbonyl (C=O) groups is 1. The molecule has 0 aliphatic carbocycles. The van der Waals surface area contributed by atoms with Gasteiger partial charge in [0.05, 0.1) is 5.41 Å². The molecule has 0 aliphatic rings. The zero-order valence-corrected chi connectivity index (χ0v) is 7.84. The first kappa shape index (κ1) is 11.4. The molecule has 0 unspecified atom stereocenters. The van der Waals surface area contributed by atoms with Crippen molar-refractivity contribution in [1.82, 2.24) is 0 Å². The average molecular weight is 174 g/mol. The van der Waals surface area contributed by atoms with E-state index in [4.69, 9.17) is 10.2 Å². The van der Waals surface area contributed by atoms with Crippen molar-refractivity contribution in [2.75, 3.05) is 6.61 Å². The van der Waals surface area contributed by atoms with Crippen LogP contribution in [-0.4, -0.2) is 22.8 Å². The Morgan fingerprint density at radius 1 is 1.25 bits per heavy atom. The molecule has 0 aromatic carbocycles. The normalized spacial score (nSPS) is 11.6. The fourth-order valence-electron chi connectivity index (χ4n) is 0.962. The maximum Gasteiger partial charge on any atom is 0.309 e. The number of carboxylic acid groups (broad SMARTS) is 1. The minimum Gasteiger partial charge on any atom is -0.481 e. The summed E-state index contributed by atoms with van der Waals surface area (Å²) in [7, 11) is 0. The van der Waals surface area contributed by atoms with Gasteiger partial charge in [-0.15, -0.1) is 0 Å². The monoisotopic (exact) mass is 174 g/mol. The summed E-state index contributed by atoms with van der Waals surface area (Å²) in [6.07, 6.45) is 3.24. The summed E-state index contributed by atoms with van der Waals surface area (Å²) in [4.78, 5) is 10.6. The number of carboxylic acids is 1. The van der Waals surface area contributed by atoms with E-state index in [1.54, 1.807) is 13.8 Å². The van der Waals surface area contributed by atoms with E-state index in [0.29, 0.717) is 6.42 Å². The molecule has 0 amide bonds. The quantitative estimate of drug-likeness (QED) is 0.602. The first-order valence-electron chi connectivity index (χ1n) is 4.35. The molecule has 0 bridgehead atoms. The molecular weight excluding hydrogens is 156 g/mol. The van der Waals surface area contributed by atoms with Crippen molar-refractivity contribution in [2.45, 2.75) is 39.5 Å². The Bertz CT molecular complexity index is 141. The molecule has 3 heteroatoms. The molecule has 0 aromatic heterocycles. The summed E-state index contributed by atoms with van der Waals surface area (Å²) in [5.74, 6) is -0.744. The Kier molecular flexibility index (Phi) is 4.90. The number of aliphatic carboxylic acids is 1. The van der Waals surface area contributed by atoms with Gasteiger partial charge in [-0.05, 0) is 26.7 Å². The Morgan fingerprint density at radius 2 is 1.83 bits per heavy atom. The minimum absolute atomic E-state index is 0.202. The molecule has 2 N–H and O–H groups in total.